The van der Waals surface area contributed by atoms with Gasteiger partial charge in [0, 0.05) is 22.9 Å². The molecule has 2 aromatic rings. The predicted molar refractivity (Wildman–Crippen MR) is 105 cm³/mol. The van der Waals surface area contributed by atoms with Crippen molar-refractivity contribution in [1.29, 1.82) is 0 Å². The molecule has 3 rings (SSSR count). The number of ether oxygens (including phenoxy) is 1. The molecular weight excluding hydrogens is 350 g/mol. The van der Waals surface area contributed by atoms with E-state index in [0.717, 1.165) is 30.7 Å². The van der Waals surface area contributed by atoms with E-state index in [2.05, 4.69) is 15.6 Å². The maximum Gasteiger partial charge on any atom is 0.257 e. The smallest absolute Gasteiger partial charge is 0.257 e. The third kappa shape index (κ3) is 5.31. The van der Waals surface area contributed by atoms with Gasteiger partial charge in [-0.15, -0.1) is 0 Å². The number of hydrogen-bond acceptors (Lipinski definition) is 3. The van der Waals surface area contributed by atoms with Gasteiger partial charge in [-0.25, -0.2) is 4.99 Å². The number of carbonyl (C=O) groups is 1. The van der Waals surface area contributed by atoms with Crippen molar-refractivity contribution < 1.29 is 9.53 Å². The van der Waals surface area contributed by atoms with Gasteiger partial charge >= 0.3 is 0 Å². The summed E-state index contributed by atoms with van der Waals surface area (Å²) in [7, 11) is 0. The van der Waals surface area contributed by atoms with E-state index in [1.54, 1.807) is 24.3 Å². The Hall–Kier alpha value is -2.37. The zero-order valence-corrected chi connectivity index (χ0v) is 15.4. The first-order chi connectivity index (χ1) is 12.6. The fourth-order valence-electron chi connectivity index (χ4n) is 2.73. The van der Waals surface area contributed by atoms with E-state index in [9.17, 15) is 4.79 Å². The Labute approximate surface area is 158 Å². The Morgan fingerprint density at radius 2 is 2.08 bits per heavy atom. The SMILES string of the molecule is Cc1cccc(NC(=NC[C@@H]2CCCO2)NC(=O)c2ccc(Cl)cc2)c1. The fraction of sp³-hybridized carbons (Fsp3) is 0.300. The van der Waals surface area contributed by atoms with Gasteiger partial charge in [-0.1, -0.05) is 23.7 Å². The van der Waals surface area contributed by atoms with Crippen LogP contribution in [-0.2, 0) is 4.74 Å². The Morgan fingerprint density at radius 1 is 1.27 bits per heavy atom. The summed E-state index contributed by atoms with van der Waals surface area (Å²) in [5, 5.41) is 6.63. The van der Waals surface area contributed by atoms with Crippen LogP contribution < -0.4 is 10.6 Å². The van der Waals surface area contributed by atoms with Crippen molar-refractivity contribution in [2.24, 2.45) is 4.99 Å². The van der Waals surface area contributed by atoms with Crippen molar-refractivity contribution in [2.45, 2.75) is 25.9 Å². The molecule has 1 aliphatic rings. The van der Waals surface area contributed by atoms with E-state index >= 15 is 0 Å². The van der Waals surface area contributed by atoms with E-state index < -0.39 is 0 Å². The molecule has 0 spiro atoms. The van der Waals surface area contributed by atoms with Gasteiger partial charge in [-0.3, -0.25) is 10.1 Å². The molecular formula is C20H22ClN3O2. The Balaban J connectivity index is 1.73. The molecule has 136 valence electrons. The standard InChI is InChI=1S/C20H22ClN3O2/c1-14-4-2-5-17(12-14)23-20(22-13-18-6-3-11-26-18)24-19(25)15-7-9-16(21)10-8-15/h2,4-5,7-10,12,18H,3,6,11,13H2,1H3,(H2,22,23,24,25)/t18-/m0/s1. The van der Waals surface area contributed by atoms with E-state index in [1.807, 2.05) is 31.2 Å². The highest BCUT2D eigenvalue weighted by molar-refractivity contribution is 6.30. The van der Waals surface area contributed by atoms with Gasteiger partial charge in [-0.2, -0.15) is 0 Å². The van der Waals surface area contributed by atoms with Crippen LogP contribution in [0.15, 0.2) is 53.5 Å². The molecule has 5 nitrogen and oxygen atoms in total. The molecule has 26 heavy (non-hydrogen) atoms. The molecule has 1 fully saturated rings. The van der Waals surface area contributed by atoms with Crippen molar-refractivity contribution in [2.75, 3.05) is 18.5 Å². The Bertz CT molecular complexity index is 784. The van der Waals surface area contributed by atoms with Gasteiger partial charge in [0.2, 0.25) is 5.96 Å². The molecule has 1 saturated heterocycles. The number of nitrogens with zero attached hydrogens (tertiary/aromatic N) is 1. The number of carbonyl (C=O) groups excluding carboxylic acids is 1. The van der Waals surface area contributed by atoms with Gasteiger partial charge in [0.05, 0.1) is 12.6 Å². The van der Waals surface area contributed by atoms with Gasteiger partial charge in [0.25, 0.3) is 5.91 Å². The van der Waals surface area contributed by atoms with Crippen LogP contribution in [0.3, 0.4) is 0 Å². The minimum Gasteiger partial charge on any atom is -0.376 e. The summed E-state index contributed by atoms with van der Waals surface area (Å²) in [5.74, 6) is 0.166. The largest absolute Gasteiger partial charge is 0.376 e. The zero-order chi connectivity index (χ0) is 18.4. The van der Waals surface area contributed by atoms with E-state index in [1.165, 1.54) is 0 Å². The molecule has 1 amide bonds. The molecule has 6 heteroatoms. The molecule has 2 aromatic carbocycles. The minimum absolute atomic E-state index is 0.108. The Kier molecular flexibility index (Phi) is 6.26. The van der Waals surface area contributed by atoms with E-state index in [4.69, 9.17) is 16.3 Å². The summed E-state index contributed by atoms with van der Waals surface area (Å²) in [6, 6.07) is 14.6. The number of amides is 1. The third-order valence-electron chi connectivity index (χ3n) is 4.10. The number of hydrogen-bond donors (Lipinski definition) is 2. The van der Waals surface area contributed by atoms with Gasteiger partial charge < -0.3 is 10.1 Å². The van der Waals surface area contributed by atoms with Crippen molar-refractivity contribution >= 4 is 29.2 Å². The first kappa shape index (κ1) is 18.4. The molecule has 0 aliphatic carbocycles. The maximum atomic E-state index is 12.5. The number of anilines is 1. The summed E-state index contributed by atoms with van der Waals surface area (Å²) < 4.78 is 5.61. The van der Waals surface area contributed by atoms with Crippen LogP contribution in [0.2, 0.25) is 5.02 Å². The lowest BCUT2D eigenvalue weighted by atomic mass is 10.2. The molecule has 0 radical (unpaired) electrons. The summed E-state index contributed by atoms with van der Waals surface area (Å²) in [6.45, 7) is 3.30. The number of aryl methyl sites for hydroxylation is 1. The predicted octanol–water partition coefficient (Wildman–Crippen LogP) is 4.03. The number of aliphatic imine (C=N–C) groups is 1. The second-order valence-corrected chi connectivity index (χ2v) is 6.72. The first-order valence-electron chi connectivity index (χ1n) is 8.67. The maximum absolute atomic E-state index is 12.5. The third-order valence-corrected chi connectivity index (χ3v) is 4.35. The quantitative estimate of drug-likeness (QED) is 0.630. The number of benzene rings is 2. The van der Waals surface area contributed by atoms with Crippen LogP contribution in [0.25, 0.3) is 0 Å². The second-order valence-electron chi connectivity index (χ2n) is 6.28. The van der Waals surface area contributed by atoms with Crippen LogP contribution in [0.4, 0.5) is 5.69 Å². The average Bonchev–Trinajstić information content (AvgIpc) is 3.14. The normalized spacial score (nSPS) is 17.2. The van der Waals surface area contributed by atoms with Gasteiger partial charge in [0.1, 0.15) is 0 Å². The van der Waals surface area contributed by atoms with Gasteiger partial charge in [0.15, 0.2) is 0 Å². The van der Waals surface area contributed by atoms with Crippen LogP contribution in [-0.4, -0.2) is 31.1 Å². The molecule has 0 bridgehead atoms. The van der Waals surface area contributed by atoms with Crippen LogP contribution in [0.5, 0.6) is 0 Å². The molecule has 1 aliphatic heterocycles. The highest BCUT2D eigenvalue weighted by Crippen LogP contribution is 2.13. The number of nitrogens with one attached hydrogen (secondary N) is 2. The molecule has 0 aromatic heterocycles. The monoisotopic (exact) mass is 371 g/mol. The summed E-state index contributed by atoms with van der Waals surface area (Å²) in [5.41, 5.74) is 2.51. The Morgan fingerprint density at radius 3 is 2.77 bits per heavy atom. The first-order valence-corrected chi connectivity index (χ1v) is 9.04. The van der Waals surface area contributed by atoms with Crippen LogP contribution in [0, 0.1) is 6.92 Å². The number of rotatable bonds is 4. The summed E-state index contributed by atoms with van der Waals surface area (Å²) in [6.07, 6.45) is 2.15. The van der Waals surface area contributed by atoms with Crippen molar-refractivity contribution in [3.05, 3.63) is 64.7 Å². The average molecular weight is 372 g/mol. The zero-order valence-electron chi connectivity index (χ0n) is 14.7. The van der Waals surface area contributed by atoms with Crippen molar-refractivity contribution in [1.82, 2.24) is 5.32 Å². The second kappa shape index (κ2) is 8.83. The lowest BCUT2D eigenvalue weighted by molar-refractivity contribution is 0.0975. The highest BCUT2D eigenvalue weighted by atomic mass is 35.5. The van der Waals surface area contributed by atoms with Gasteiger partial charge in [-0.05, 0) is 61.7 Å². The van der Waals surface area contributed by atoms with Crippen molar-refractivity contribution in [3.63, 3.8) is 0 Å². The molecule has 0 unspecified atom stereocenters. The fourth-order valence-corrected chi connectivity index (χ4v) is 2.86. The highest BCUT2D eigenvalue weighted by Gasteiger charge is 2.16. The molecule has 1 heterocycles. The molecule has 2 N–H and O–H groups in total. The van der Waals surface area contributed by atoms with E-state index in [0.29, 0.717) is 23.1 Å². The molecule has 1 atom stereocenters. The van der Waals surface area contributed by atoms with Crippen LogP contribution in [0.1, 0.15) is 28.8 Å². The van der Waals surface area contributed by atoms with Crippen LogP contribution >= 0.6 is 11.6 Å². The topological polar surface area (TPSA) is 62.7 Å². The van der Waals surface area contributed by atoms with Crippen molar-refractivity contribution in [3.8, 4) is 0 Å². The van der Waals surface area contributed by atoms with E-state index in [-0.39, 0.29) is 12.0 Å². The summed E-state index contributed by atoms with van der Waals surface area (Å²) in [4.78, 5) is 17.0. The lowest BCUT2D eigenvalue weighted by Gasteiger charge is -2.14. The number of halogens is 1. The summed E-state index contributed by atoms with van der Waals surface area (Å²) >= 11 is 5.88. The minimum atomic E-state index is -0.243. The lowest BCUT2D eigenvalue weighted by Crippen LogP contribution is -2.36. The molecule has 0 saturated carbocycles. The number of guanidine groups is 1.